The summed E-state index contributed by atoms with van der Waals surface area (Å²) >= 11 is 0. The zero-order chi connectivity index (χ0) is 12.7. The van der Waals surface area contributed by atoms with Gasteiger partial charge in [-0.15, -0.1) is 0 Å². The fraction of sp³-hybridized carbons (Fsp3) is 0.300. The van der Waals surface area contributed by atoms with Crippen LogP contribution in [0.2, 0.25) is 0 Å². The Labute approximate surface area is 98.7 Å². The summed E-state index contributed by atoms with van der Waals surface area (Å²) in [6.45, 7) is 0.0848. The number of carbonyl (C=O) groups excluding carboxylic acids is 1. The van der Waals surface area contributed by atoms with Gasteiger partial charge in [0, 0.05) is 0 Å². The second-order valence-electron chi connectivity index (χ2n) is 3.38. The Bertz CT molecular complexity index is 408. The zero-order valence-electron chi connectivity index (χ0n) is 9.07. The van der Waals surface area contributed by atoms with Crippen LogP contribution in [0.4, 0.5) is 4.79 Å². The van der Waals surface area contributed by atoms with Gasteiger partial charge in [0.2, 0.25) is 7.37 Å². The molecule has 1 atom stereocenters. The smallest absolute Gasteiger partial charge is 0.407 e. The van der Waals surface area contributed by atoms with Gasteiger partial charge >= 0.3 is 6.09 Å². The number of aliphatic hydroxyl groups excluding tert-OH is 1. The number of alkyl carbamates (subject to hydrolysis) is 1. The van der Waals surface area contributed by atoms with Gasteiger partial charge in [-0.2, -0.15) is 0 Å². The summed E-state index contributed by atoms with van der Waals surface area (Å²) in [5, 5.41) is 10.6. The van der Waals surface area contributed by atoms with Gasteiger partial charge in [0.05, 0.1) is 6.29 Å². The van der Waals surface area contributed by atoms with Gasteiger partial charge in [-0.25, -0.2) is 4.79 Å². The van der Waals surface area contributed by atoms with Gasteiger partial charge < -0.3 is 20.1 Å². The maximum absolute atomic E-state index is 11.1. The first kappa shape index (κ1) is 13.7. The van der Waals surface area contributed by atoms with Crippen molar-refractivity contribution in [2.75, 3.05) is 12.6 Å². The van der Waals surface area contributed by atoms with Crippen LogP contribution in [0.5, 0.6) is 0 Å². The summed E-state index contributed by atoms with van der Waals surface area (Å²) in [6, 6.07) is 9.04. The van der Waals surface area contributed by atoms with Crippen molar-refractivity contribution >= 4 is 13.5 Å². The van der Waals surface area contributed by atoms with Crippen LogP contribution < -0.4 is 5.32 Å². The van der Waals surface area contributed by atoms with E-state index in [0.717, 1.165) is 5.56 Å². The van der Waals surface area contributed by atoms with E-state index in [2.05, 4.69) is 5.32 Å². The Morgan fingerprint density at radius 3 is 2.59 bits per heavy atom. The molecule has 94 valence electrons. The third kappa shape index (κ3) is 5.49. The predicted molar refractivity (Wildman–Crippen MR) is 61.5 cm³/mol. The van der Waals surface area contributed by atoms with E-state index in [1.54, 1.807) is 12.1 Å². The number of ether oxygens (including phenoxy) is 1. The maximum atomic E-state index is 11.1. The summed E-state index contributed by atoms with van der Waals surface area (Å²) in [5.41, 5.74) is 0.817. The molecular formula is C10H14NO5P. The molecular weight excluding hydrogens is 245 g/mol. The lowest BCUT2D eigenvalue weighted by Crippen LogP contribution is -2.25. The molecule has 0 spiro atoms. The third-order valence-corrected chi connectivity index (χ3v) is 3.00. The van der Waals surface area contributed by atoms with E-state index >= 15 is 0 Å². The number of aliphatic hydroxyl groups is 1. The fourth-order valence-corrected chi connectivity index (χ4v) is 1.49. The topological polar surface area (TPSA) is 95.9 Å². The zero-order valence-corrected chi connectivity index (χ0v) is 9.97. The van der Waals surface area contributed by atoms with Crippen LogP contribution in [0.25, 0.3) is 0 Å². The molecule has 0 saturated heterocycles. The summed E-state index contributed by atoms with van der Waals surface area (Å²) in [4.78, 5) is 20.1. The van der Waals surface area contributed by atoms with Crippen LogP contribution in [0, 0.1) is 0 Å². The molecule has 7 heteroatoms. The van der Waals surface area contributed by atoms with Crippen molar-refractivity contribution in [1.82, 2.24) is 5.32 Å². The van der Waals surface area contributed by atoms with Gasteiger partial charge in [-0.3, -0.25) is 4.57 Å². The number of amides is 1. The molecule has 1 amide bonds. The SMILES string of the molecule is O=C(NCP(=O)(O)CO)OCc1ccccc1. The van der Waals surface area contributed by atoms with E-state index in [1.807, 2.05) is 18.2 Å². The van der Waals surface area contributed by atoms with Crippen molar-refractivity contribution in [3.63, 3.8) is 0 Å². The normalized spacial score (nSPS) is 13.8. The standard InChI is InChI=1S/C10H14NO5P/c12-8-17(14,15)7-11-10(13)16-6-9-4-2-1-3-5-9/h1-5,12H,6-8H2,(H,11,13)(H,14,15). The first-order valence-electron chi connectivity index (χ1n) is 4.90. The number of carbonyl (C=O) groups is 1. The minimum absolute atomic E-state index is 0.0848. The highest BCUT2D eigenvalue weighted by Crippen LogP contribution is 2.36. The summed E-state index contributed by atoms with van der Waals surface area (Å²) in [6.07, 6.45) is -2.17. The number of hydrogen-bond acceptors (Lipinski definition) is 4. The number of nitrogens with one attached hydrogen (secondary N) is 1. The molecule has 0 aliphatic rings. The van der Waals surface area contributed by atoms with E-state index in [-0.39, 0.29) is 6.61 Å². The molecule has 1 unspecified atom stereocenters. The molecule has 1 aromatic rings. The summed E-state index contributed by atoms with van der Waals surface area (Å²) < 4.78 is 15.8. The van der Waals surface area contributed by atoms with Gasteiger partial charge in [0.25, 0.3) is 0 Å². The van der Waals surface area contributed by atoms with Crippen LogP contribution in [-0.4, -0.2) is 28.7 Å². The van der Waals surface area contributed by atoms with Crippen molar-refractivity contribution in [3.05, 3.63) is 35.9 Å². The Morgan fingerprint density at radius 2 is 2.00 bits per heavy atom. The Hall–Kier alpha value is -1.36. The first-order valence-corrected chi connectivity index (χ1v) is 6.93. The highest BCUT2D eigenvalue weighted by molar-refractivity contribution is 7.57. The molecule has 0 heterocycles. The van der Waals surface area contributed by atoms with Crippen LogP contribution in [-0.2, 0) is 15.9 Å². The molecule has 0 aromatic heterocycles. The lowest BCUT2D eigenvalue weighted by atomic mass is 10.2. The number of hydrogen-bond donors (Lipinski definition) is 3. The highest BCUT2D eigenvalue weighted by atomic mass is 31.2. The second-order valence-corrected chi connectivity index (χ2v) is 5.68. The molecule has 17 heavy (non-hydrogen) atoms. The van der Waals surface area contributed by atoms with Gasteiger partial charge in [0.15, 0.2) is 0 Å². The van der Waals surface area contributed by atoms with Crippen molar-refractivity contribution in [2.45, 2.75) is 6.61 Å². The number of benzene rings is 1. The Morgan fingerprint density at radius 1 is 1.35 bits per heavy atom. The van der Waals surface area contributed by atoms with Gasteiger partial charge in [-0.05, 0) is 5.56 Å². The molecule has 3 N–H and O–H groups in total. The average Bonchev–Trinajstić information content (AvgIpc) is 2.35. The fourth-order valence-electron chi connectivity index (χ4n) is 1.01. The summed E-state index contributed by atoms with van der Waals surface area (Å²) in [5.74, 6) is 0. The van der Waals surface area contributed by atoms with Crippen LogP contribution >= 0.6 is 7.37 Å². The van der Waals surface area contributed by atoms with Crippen molar-refractivity contribution in [3.8, 4) is 0 Å². The van der Waals surface area contributed by atoms with E-state index in [1.165, 1.54) is 0 Å². The van der Waals surface area contributed by atoms with Crippen molar-refractivity contribution < 1.29 is 24.1 Å². The van der Waals surface area contributed by atoms with Crippen LogP contribution in [0.15, 0.2) is 30.3 Å². The molecule has 0 saturated carbocycles. The van der Waals surface area contributed by atoms with E-state index in [9.17, 15) is 9.36 Å². The number of rotatable bonds is 5. The van der Waals surface area contributed by atoms with Crippen LogP contribution in [0.1, 0.15) is 5.56 Å². The average molecular weight is 259 g/mol. The molecule has 1 rings (SSSR count). The molecule has 6 nitrogen and oxygen atoms in total. The van der Waals surface area contributed by atoms with Crippen molar-refractivity contribution in [2.24, 2.45) is 0 Å². The Balaban J connectivity index is 2.29. The van der Waals surface area contributed by atoms with Gasteiger partial charge in [0.1, 0.15) is 13.0 Å². The first-order chi connectivity index (χ1) is 8.03. The quantitative estimate of drug-likeness (QED) is 0.688. The second kappa shape index (κ2) is 6.39. The predicted octanol–water partition coefficient (Wildman–Crippen LogP) is 1.09. The monoisotopic (exact) mass is 259 g/mol. The molecule has 1 aromatic carbocycles. The van der Waals surface area contributed by atoms with Crippen LogP contribution in [0.3, 0.4) is 0 Å². The van der Waals surface area contributed by atoms with E-state index in [0.29, 0.717) is 0 Å². The molecule has 0 aliphatic heterocycles. The molecule has 0 radical (unpaired) electrons. The third-order valence-electron chi connectivity index (χ3n) is 1.90. The minimum atomic E-state index is -3.68. The summed E-state index contributed by atoms with van der Waals surface area (Å²) in [7, 11) is -3.68. The minimum Gasteiger partial charge on any atom is -0.445 e. The van der Waals surface area contributed by atoms with Gasteiger partial charge in [-0.1, -0.05) is 30.3 Å². The van der Waals surface area contributed by atoms with E-state index in [4.69, 9.17) is 14.7 Å². The lowest BCUT2D eigenvalue weighted by Gasteiger charge is -2.10. The van der Waals surface area contributed by atoms with E-state index < -0.39 is 26.1 Å². The molecule has 0 bridgehead atoms. The molecule has 0 aliphatic carbocycles. The highest BCUT2D eigenvalue weighted by Gasteiger charge is 2.17. The van der Waals surface area contributed by atoms with Crippen molar-refractivity contribution in [1.29, 1.82) is 0 Å². The Kier molecular flexibility index (Phi) is 5.15. The largest absolute Gasteiger partial charge is 0.445 e. The lowest BCUT2D eigenvalue weighted by molar-refractivity contribution is 0.141. The maximum Gasteiger partial charge on any atom is 0.407 e. The molecule has 0 fully saturated rings.